The summed E-state index contributed by atoms with van der Waals surface area (Å²) in [5, 5.41) is 10.1. The van der Waals surface area contributed by atoms with E-state index in [1.54, 1.807) is 5.57 Å². The summed E-state index contributed by atoms with van der Waals surface area (Å²) < 4.78 is 0. The van der Waals surface area contributed by atoms with Gasteiger partial charge in [0, 0.05) is 0 Å². The van der Waals surface area contributed by atoms with Gasteiger partial charge in [0.15, 0.2) is 0 Å². The Balaban J connectivity index is 1.62. The Kier molecular flexibility index (Phi) is 4.46. The van der Waals surface area contributed by atoms with E-state index in [1.165, 1.54) is 38.5 Å². The molecule has 1 nitrogen and oxygen atoms in total. The first kappa shape index (κ1) is 17.8. The Morgan fingerprint density at radius 1 is 1.12 bits per heavy atom. The lowest BCUT2D eigenvalue weighted by Crippen LogP contribution is -2.50. The van der Waals surface area contributed by atoms with Gasteiger partial charge in [0.05, 0.1) is 6.10 Å². The van der Waals surface area contributed by atoms with Crippen LogP contribution < -0.4 is 0 Å². The van der Waals surface area contributed by atoms with E-state index in [-0.39, 0.29) is 6.10 Å². The SMILES string of the molecule is C/C=C\[C@@H](C)[C@H]1CC[C@H]2[C@@H]3CC=C4C[C@@H](O)CC[C@]4(C)[C@H]3CC[C@]12C. The van der Waals surface area contributed by atoms with Gasteiger partial charge in [-0.2, -0.15) is 0 Å². The van der Waals surface area contributed by atoms with Crippen molar-refractivity contribution < 1.29 is 5.11 Å². The van der Waals surface area contributed by atoms with E-state index in [1.807, 2.05) is 0 Å². The molecule has 25 heavy (non-hydrogen) atoms. The van der Waals surface area contributed by atoms with Crippen LogP contribution in [0.3, 0.4) is 0 Å². The van der Waals surface area contributed by atoms with Gasteiger partial charge in [0.2, 0.25) is 0 Å². The maximum atomic E-state index is 10.1. The lowest BCUT2D eigenvalue weighted by Gasteiger charge is -2.58. The van der Waals surface area contributed by atoms with E-state index in [2.05, 4.69) is 45.9 Å². The summed E-state index contributed by atoms with van der Waals surface area (Å²) in [6.07, 6.45) is 17.4. The molecule has 0 aromatic rings. The molecule has 3 fully saturated rings. The Bertz CT molecular complexity index is 575. The van der Waals surface area contributed by atoms with Crippen molar-refractivity contribution in [2.45, 2.75) is 85.2 Å². The van der Waals surface area contributed by atoms with Gasteiger partial charge in [-0.05, 0) is 98.7 Å². The maximum absolute atomic E-state index is 10.1. The topological polar surface area (TPSA) is 20.2 Å². The van der Waals surface area contributed by atoms with Crippen molar-refractivity contribution in [3.05, 3.63) is 23.8 Å². The van der Waals surface area contributed by atoms with E-state index in [0.29, 0.717) is 10.8 Å². The van der Waals surface area contributed by atoms with Crippen LogP contribution in [0.15, 0.2) is 23.8 Å². The number of aliphatic hydroxyl groups excluding tert-OH is 1. The van der Waals surface area contributed by atoms with Gasteiger partial charge < -0.3 is 5.11 Å². The molecule has 8 atom stereocenters. The van der Waals surface area contributed by atoms with E-state index in [9.17, 15) is 5.11 Å². The molecule has 4 aliphatic rings. The van der Waals surface area contributed by atoms with Crippen LogP contribution in [0.1, 0.15) is 79.1 Å². The van der Waals surface area contributed by atoms with Crippen molar-refractivity contribution in [3.8, 4) is 0 Å². The minimum Gasteiger partial charge on any atom is -0.393 e. The fourth-order valence-corrected chi connectivity index (χ4v) is 7.98. The first-order valence-electron chi connectivity index (χ1n) is 10.9. The molecule has 0 unspecified atom stereocenters. The van der Waals surface area contributed by atoms with Crippen LogP contribution in [0.5, 0.6) is 0 Å². The van der Waals surface area contributed by atoms with Crippen LogP contribution in [0.2, 0.25) is 0 Å². The summed E-state index contributed by atoms with van der Waals surface area (Å²) in [6.45, 7) is 9.80. The molecule has 0 aromatic carbocycles. The molecular weight excluding hydrogens is 304 g/mol. The van der Waals surface area contributed by atoms with Crippen LogP contribution in [0.25, 0.3) is 0 Å². The number of hydrogen-bond donors (Lipinski definition) is 1. The standard InChI is InChI=1S/C24H38O/c1-5-6-16(2)20-9-10-21-19-8-7-17-15-18(25)11-13-23(17,3)22(19)12-14-24(20,21)4/h5-7,16,18-22,25H,8-15H2,1-4H3/b6-5-/t16-,18+,19+,20-,21+,22+,23+,24-/m1/s1. The minimum absolute atomic E-state index is 0.0812. The van der Waals surface area contributed by atoms with Crippen molar-refractivity contribution in [3.63, 3.8) is 0 Å². The fourth-order valence-electron chi connectivity index (χ4n) is 7.98. The molecule has 4 rings (SSSR count). The van der Waals surface area contributed by atoms with Crippen molar-refractivity contribution >= 4 is 0 Å². The van der Waals surface area contributed by atoms with Gasteiger partial charge in [-0.15, -0.1) is 0 Å². The molecule has 0 radical (unpaired) electrons. The molecule has 0 aliphatic heterocycles. The van der Waals surface area contributed by atoms with Crippen molar-refractivity contribution in [2.75, 3.05) is 0 Å². The second kappa shape index (κ2) is 6.25. The van der Waals surface area contributed by atoms with Gasteiger partial charge in [0.1, 0.15) is 0 Å². The van der Waals surface area contributed by atoms with Crippen LogP contribution in [0, 0.1) is 40.4 Å². The molecule has 140 valence electrons. The summed E-state index contributed by atoms with van der Waals surface area (Å²) in [4.78, 5) is 0. The lowest BCUT2D eigenvalue weighted by molar-refractivity contribution is -0.0540. The average Bonchev–Trinajstić information content (AvgIpc) is 2.93. The molecule has 0 saturated heterocycles. The zero-order chi connectivity index (χ0) is 17.8. The van der Waals surface area contributed by atoms with E-state index >= 15 is 0 Å². The molecule has 4 aliphatic carbocycles. The monoisotopic (exact) mass is 342 g/mol. The number of hydrogen-bond acceptors (Lipinski definition) is 1. The third kappa shape index (κ3) is 2.59. The molecule has 1 heteroatoms. The van der Waals surface area contributed by atoms with Gasteiger partial charge in [-0.25, -0.2) is 0 Å². The summed E-state index contributed by atoms with van der Waals surface area (Å²) in [7, 11) is 0. The highest BCUT2D eigenvalue weighted by Crippen LogP contribution is 2.67. The molecule has 0 amide bonds. The normalized spacial score (nSPS) is 50.8. The maximum Gasteiger partial charge on any atom is 0.0577 e. The Morgan fingerprint density at radius 2 is 1.92 bits per heavy atom. The quantitative estimate of drug-likeness (QED) is 0.598. The molecule has 0 heterocycles. The third-order valence-corrected chi connectivity index (χ3v) is 9.28. The van der Waals surface area contributed by atoms with Gasteiger partial charge in [0.25, 0.3) is 0 Å². The highest BCUT2D eigenvalue weighted by Gasteiger charge is 2.58. The predicted octanol–water partition coefficient (Wildman–Crippen LogP) is 6.14. The summed E-state index contributed by atoms with van der Waals surface area (Å²) >= 11 is 0. The smallest absolute Gasteiger partial charge is 0.0577 e. The van der Waals surface area contributed by atoms with Crippen LogP contribution in [-0.2, 0) is 0 Å². The second-order valence-electron chi connectivity index (χ2n) is 10.3. The first-order chi connectivity index (χ1) is 11.9. The van der Waals surface area contributed by atoms with E-state index < -0.39 is 0 Å². The summed E-state index contributed by atoms with van der Waals surface area (Å²) in [5.74, 6) is 4.29. The van der Waals surface area contributed by atoms with Crippen LogP contribution in [0.4, 0.5) is 0 Å². The first-order valence-corrected chi connectivity index (χ1v) is 10.9. The molecule has 1 N–H and O–H groups in total. The van der Waals surface area contributed by atoms with Crippen LogP contribution in [-0.4, -0.2) is 11.2 Å². The summed E-state index contributed by atoms with van der Waals surface area (Å²) in [6, 6.07) is 0. The van der Waals surface area contributed by atoms with E-state index in [4.69, 9.17) is 0 Å². The zero-order valence-corrected chi connectivity index (χ0v) is 16.8. The lowest BCUT2D eigenvalue weighted by atomic mass is 9.47. The Hall–Kier alpha value is -0.560. The number of fused-ring (bicyclic) bond motifs is 5. The highest BCUT2D eigenvalue weighted by atomic mass is 16.3. The average molecular weight is 343 g/mol. The molecule has 3 saturated carbocycles. The second-order valence-corrected chi connectivity index (χ2v) is 10.3. The van der Waals surface area contributed by atoms with E-state index in [0.717, 1.165) is 42.4 Å². The largest absolute Gasteiger partial charge is 0.393 e. The summed E-state index contributed by atoms with van der Waals surface area (Å²) in [5.41, 5.74) is 2.54. The Morgan fingerprint density at radius 3 is 2.68 bits per heavy atom. The van der Waals surface area contributed by atoms with Gasteiger partial charge >= 0.3 is 0 Å². The van der Waals surface area contributed by atoms with Crippen LogP contribution >= 0.6 is 0 Å². The highest BCUT2D eigenvalue weighted by molar-refractivity contribution is 5.25. The number of rotatable bonds is 2. The van der Waals surface area contributed by atoms with Gasteiger partial charge in [-0.3, -0.25) is 0 Å². The predicted molar refractivity (Wildman–Crippen MR) is 105 cm³/mol. The molecule has 0 aromatic heterocycles. The Labute approximate surface area is 155 Å². The molecule has 0 spiro atoms. The zero-order valence-electron chi connectivity index (χ0n) is 16.8. The minimum atomic E-state index is -0.0812. The van der Waals surface area contributed by atoms with Gasteiger partial charge in [-0.1, -0.05) is 44.6 Å². The fraction of sp³-hybridized carbons (Fsp3) is 0.833. The molecular formula is C24H38O. The van der Waals surface area contributed by atoms with Crippen molar-refractivity contribution in [1.82, 2.24) is 0 Å². The number of allylic oxidation sites excluding steroid dienone is 3. The third-order valence-electron chi connectivity index (χ3n) is 9.28. The number of aliphatic hydroxyl groups is 1. The van der Waals surface area contributed by atoms with Crippen molar-refractivity contribution in [2.24, 2.45) is 40.4 Å². The van der Waals surface area contributed by atoms with Crippen molar-refractivity contribution in [1.29, 1.82) is 0 Å². The molecule has 0 bridgehead atoms.